The number of rotatable bonds is 3. The van der Waals surface area contributed by atoms with Crippen LogP contribution in [0.2, 0.25) is 0 Å². The third-order valence-electron chi connectivity index (χ3n) is 3.96. The minimum atomic E-state index is 0.0300. The second kappa shape index (κ2) is 5.87. The average molecular weight is 311 g/mol. The summed E-state index contributed by atoms with van der Waals surface area (Å²) in [5, 5.41) is 2.98. The second-order valence-electron chi connectivity index (χ2n) is 5.97. The van der Waals surface area contributed by atoms with Crippen molar-refractivity contribution < 1.29 is 4.79 Å². The molecule has 1 aliphatic rings. The van der Waals surface area contributed by atoms with Gasteiger partial charge in [-0.1, -0.05) is 17.7 Å². The van der Waals surface area contributed by atoms with E-state index in [-0.39, 0.29) is 5.91 Å². The van der Waals surface area contributed by atoms with Crippen LogP contribution >= 0.6 is 0 Å². The molecule has 1 aromatic carbocycles. The highest BCUT2D eigenvalue weighted by atomic mass is 16.2. The van der Waals surface area contributed by atoms with Gasteiger partial charge in [0.2, 0.25) is 5.95 Å². The van der Waals surface area contributed by atoms with E-state index in [4.69, 9.17) is 0 Å². The SMILES string of the molecule is CNc1nc2c(c(N(C)C)n1)CN(C(=O)c1cccc(C)c1)C2. The molecule has 0 bridgehead atoms. The summed E-state index contributed by atoms with van der Waals surface area (Å²) in [5.41, 5.74) is 3.73. The maximum atomic E-state index is 12.8. The van der Waals surface area contributed by atoms with Crippen molar-refractivity contribution in [1.82, 2.24) is 14.9 Å². The van der Waals surface area contributed by atoms with Crippen LogP contribution in [0.25, 0.3) is 0 Å². The largest absolute Gasteiger partial charge is 0.362 e. The fourth-order valence-corrected chi connectivity index (χ4v) is 2.82. The van der Waals surface area contributed by atoms with Gasteiger partial charge < -0.3 is 15.1 Å². The first-order valence-corrected chi connectivity index (χ1v) is 7.60. The van der Waals surface area contributed by atoms with Crippen LogP contribution in [0.4, 0.5) is 11.8 Å². The maximum absolute atomic E-state index is 12.8. The number of fused-ring (bicyclic) bond motifs is 1. The van der Waals surface area contributed by atoms with E-state index in [2.05, 4.69) is 15.3 Å². The Labute approximate surface area is 136 Å². The second-order valence-corrected chi connectivity index (χ2v) is 5.97. The standard InChI is InChI=1S/C17H21N5O/c1-11-6-5-7-12(8-11)16(23)22-9-13-14(10-22)19-17(18-2)20-15(13)21(3)4/h5-8H,9-10H2,1-4H3,(H,18,19,20). The van der Waals surface area contributed by atoms with Gasteiger partial charge in [-0.05, 0) is 19.1 Å². The molecule has 0 atom stereocenters. The summed E-state index contributed by atoms with van der Waals surface area (Å²) < 4.78 is 0. The Morgan fingerprint density at radius 1 is 1.26 bits per heavy atom. The molecule has 2 aromatic rings. The van der Waals surface area contributed by atoms with Crippen molar-refractivity contribution in [3.8, 4) is 0 Å². The van der Waals surface area contributed by atoms with Gasteiger partial charge in [0.05, 0.1) is 18.8 Å². The zero-order valence-electron chi connectivity index (χ0n) is 13.9. The van der Waals surface area contributed by atoms with Gasteiger partial charge in [-0.3, -0.25) is 4.79 Å². The molecule has 0 radical (unpaired) electrons. The topological polar surface area (TPSA) is 61.4 Å². The zero-order valence-corrected chi connectivity index (χ0v) is 13.9. The van der Waals surface area contributed by atoms with E-state index in [1.165, 1.54) is 0 Å². The summed E-state index contributed by atoms with van der Waals surface area (Å²) in [6.07, 6.45) is 0. The van der Waals surface area contributed by atoms with E-state index in [1.807, 2.05) is 55.1 Å². The van der Waals surface area contributed by atoms with Crippen LogP contribution in [0.15, 0.2) is 24.3 Å². The molecule has 3 rings (SSSR count). The Hall–Kier alpha value is -2.63. The van der Waals surface area contributed by atoms with E-state index in [9.17, 15) is 4.79 Å². The molecule has 1 aliphatic heterocycles. The van der Waals surface area contributed by atoms with Crippen LogP contribution < -0.4 is 10.2 Å². The molecular formula is C17H21N5O. The van der Waals surface area contributed by atoms with Crippen LogP contribution in [-0.2, 0) is 13.1 Å². The number of nitrogens with zero attached hydrogens (tertiary/aromatic N) is 4. The number of carbonyl (C=O) groups excluding carboxylic acids is 1. The van der Waals surface area contributed by atoms with Crippen LogP contribution in [0.3, 0.4) is 0 Å². The number of benzene rings is 1. The summed E-state index contributed by atoms with van der Waals surface area (Å²) in [5.74, 6) is 1.47. The lowest BCUT2D eigenvalue weighted by Gasteiger charge is -2.17. The molecule has 0 spiro atoms. The first-order chi connectivity index (χ1) is 11.0. The van der Waals surface area contributed by atoms with Crippen molar-refractivity contribution in [2.24, 2.45) is 0 Å². The molecule has 1 aromatic heterocycles. The number of aromatic nitrogens is 2. The highest BCUT2D eigenvalue weighted by Crippen LogP contribution is 2.30. The average Bonchev–Trinajstić information content (AvgIpc) is 2.96. The van der Waals surface area contributed by atoms with E-state index in [0.29, 0.717) is 24.6 Å². The highest BCUT2D eigenvalue weighted by molar-refractivity contribution is 5.94. The lowest BCUT2D eigenvalue weighted by molar-refractivity contribution is 0.0750. The molecule has 0 saturated carbocycles. The lowest BCUT2D eigenvalue weighted by atomic mass is 10.1. The Kier molecular flexibility index (Phi) is 3.90. The van der Waals surface area contributed by atoms with Gasteiger partial charge in [-0.25, -0.2) is 4.98 Å². The Balaban J connectivity index is 1.92. The first-order valence-electron chi connectivity index (χ1n) is 7.60. The van der Waals surface area contributed by atoms with Gasteiger partial charge in [0.1, 0.15) is 5.82 Å². The summed E-state index contributed by atoms with van der Waals surface area (Å²) in [6, 6.07) is 7.68. The number of nitrogens with one attached hydrogen (secondary N) is 1. The molecule has 120 valence electrons. The molecule has 23 heavy (non-hydrogen) atoms. The predicted octanol–water partition coefficient (Wildman–Crippen LogP) is 2.05. The molecule has 1 amide bonds. The third kappa shape index (κ3) is 2.84. The van der Waals surface area contributed by atoms with Gasteiger partial charge in [0.15, 0.2) is 0 Å². The van der Waals surface area contributed by atoms with E-state index < -0.39 is 0 Å². The van der Waals surface area contributed by atoms with Crippen LogP contribution in [0.5, 0.6) is 0 Å². The maximum Gasteiger partial charge on any atom is 0.254 e. The molecular weight excluding hydrogens is 290 g/mol. The molecule has 1 N–H and O–H groups in total. The molecule has 0 aliphatic carbocycles. The number of anilines is 2. The number of carbonyl (C=O) groups is 1. The summed E-state index contributed by atoms with van der Waals surface area (Å²) in [7, 11) is 5.70. The molecule has 0 unspecified atom stereocenters. The molecule has 6 nitrogen and oxygen atoms in total. The smallest absolute Gasteiger partial charge is 0.254 e. The Morgan fingerprint density at radius 3 is 2.70 bits per heavy atom. The Bertz CT molecular complexity index is 757. The van der Waals surface area contributed by atoms with Crippen LogP contribution in [-0.4, -0.2) is 41.9 Å². The van der Waals surface area contributed by atoms with Gasteiger partial charge in [0, 0.05) is 32.3 Å². The number of amides is 1. The number of hydrogen-bond donors (Lipinski definition) is 1. The molecule has 2 heterocycles. The number of aryl methyl sites for hydroxylation is 1. The minimum absolute atomic E-state index is 0.0300. The monoisotopic (exact) mass is 311 g/mol. The minimum Gasteiger partial charge on any atom is -0.362 e. The van der Waals surface area contributed by atoms with Gasteiger partial charge in [-0.2, -0.15) is 4.98 Å². The number of hydrogen-bond acceptors (Lipinski definition) is 5. The van der Waals surface area contributed by atoms with Crippen molar-refractivity contribution in [1.29, 1.82) is 0 Å². The quantitative estimate of drug-likeness (QED) is 0.940. The zero-order chi connectivity index (χ0) is 16.6. The molecule has 0 fully saturated rings. The van der Waals surface area contributed by atoms with Crippen molar-refractivity contribution in [3.05, 3.63) is 46.6 Å². The summed E-state index contributed by atoms with van der Waals surface area (Å²) >= 11 is 0. The summed E-state index contributed by atoms with van der Waals surface area (Å²) in [4.78, 5) is 25.6. The van der Waals surface area contributed by atoms with Crippen molar-refractivity contribution in [3.63, 3.8) is 0 Å². The normalized spacial score (nSPS) is 13.0. The molecule has 0 saturated heterocycles. The lowest BCUT2D eigenvalue weighted by Crippen LogP contribution is -2.25. The van der Waals surface area contributed by atoms with Crippen LogP contribution in [0.1, 0.15) is 27.2 Å². The van der Waals surface area contributed by atoms with E-state index in [0.717, 1.165) is 22.6 Å². The van der Waals surface area contributed by atoms with E-state index >= 15 is 0 Å². The van der Waals surface area contributed by atoms with Crippen LogP contribution in [0, 0.1) is 6.92 Å². The highest BCUT2D eigenvalue weighted by Gasteiger charge is 2.29. The van der Waals surface area contributed by atoms with Crippen molar-refractivity contribution in [2.75, 3.05) is 31.4 Å². The fraction of sp³-hybridized carbons (Fsp3) is 0.353. The molecule has 6 heteroatoms. The predicted molar refractivity (Wildman–Crippen MR) is 90.7 cm³/mol. The van der Waals surface area contributed by atoms with Crippen molar-refractivity contribution in [2.45, 2.75) is 20.0 Å². The van der Waals surface area contributed by atoms with Gasteiger partial charge >= 0.3 is 0 Å². The van der Waals surface area contributed by atoms with Crippen molar-refractivity contribution >= 4 is 17.7 Å². The van der Waals surface area contributed by atoms with Gasteiger partial charge in [0.25, 0.3) is 5.91 Å². The summed E-state index contributed by atoms with van der Waals surface area (Å²) in [6.45, 7) is 3.05. The Morgan fingerprint density at radius 2 is 2.04 bits per heavy atom. The van der Waals surface area contributed by atoms with E-state index in [1.54, 1.807) is 7.05 Å². The third-order valence-corrected chi connectivity index (χ3v) is 3.96. The fourth-order valence-electron chi connectivity index (χ4n) is 2.82. The first kappa shape index (κ1) is 15.3. The van der Waals surface area contributed by atoms with Gasteiger partial charge in [-0.15, -0.1) is 0 Å².